The maximum atomic E-state index is 12.4. The Morgan fingerprint density at radius 2 is 1.85 bits per heavy atom. The smallest absolute Gasteiger partial charge is 0.320 e. The predicted octanol–water partition coefficient (Wildman–Crippen LogP) is 1.24. The molecule has 0 radical (unpaired) electrons. The number of methoxy groups -OCH3 is 1. The molecule has 5 nitrogen and oxygen atoms in total. The minimum atomic E-state index is 0.243. The second-order valence-electron chi connectivity index (χ2n) is 6.47. The van der Waals surface area contributed by atoms with E-state index < -0.39 is 0 Å². The second-order valence-corrected chi connectivity index (χ2v) is 6.47. The van der Waals surface area contributed by atoms with Crippen molar-refractivity contribution >= 4 is 6.03 Å². The van der Waals surface area contributed by atoms with Crippen molar-refractivity contribution in [1.82, 2.24) is 14.7 Å². The topological polar surface area (TPSA) is 36.0 Å². The molecular weight excluding hydrogens is 254 g/mol. The third-order valence-corrected chi connectivity index (χ3v) is 5.02. The van der Waals surface area contributed by atoms with Crippen molar-refractivity contribution in [2.75, 3.05) is 53.0 Å². The zero-order valence-corrected chi connectivity index (χ0v) is 12.6. The van der Waals surface area contributed by atoms with E-state index in [2.05, 4.69) is 9.80 Å². The lowest BCUT2D eigenvalue weighted by molar-refractivity contribution is 0.0423. The Bertz CT molecular complexity index is 340. The number of urea groups is 1. The molecule has 2 heterocycles. The van der Waals surface area contributed by atoms with Crippen LogP contribution >= 0.6 is 0 Å². The Balaban J connectivity index is 1.44. The lowest BCUT2D eigenvalue weighted by atomic mass is 9.91. The SMILES string of the molecule is COCC1CN(C(=O)N2CCCN(C3CCC3)CC2)C1. The summed E-state index contributed by atoms with van der Waals surface area (Å²) in [5.41, 5.74) is 0. The molecule has 1 aliphatic carbocycles. The molecule has 0 unspecified atom stereocenters. The Morgan fingerprint density at radius 3 is 2.50 bits per heavy atom. The average Bonchev–Trinajstić information content (AvgIpc) is 2.56. The summed E-state index contributed by atoms with van der Waals surface area (Å²) in [6.07, 6.45) is 5.23. The number of ether oxygens (including phenoxy) is 1. The van der Waals surface area contributed by atoms with E-state index in [4.69, 9.17) is 4.74 Å². The second kappa shape index (κ2) is 6.31. The molecule has 0 aromatic carbocycles. The van der Waals surface area contributed by atoms with Crippen LogP contribution in [0.15, 0.2) is 0 Å². The van der Waals surface area contributed by atoms with Gasteiger partial charge in [0.2, 0.25) is 0 Å². The monoisotopic (exact) mass is 281 g/mol. The highest BCUT2D eigenvalue weighted by molar-refractivity contribution is 5.75. The number of hydrogen-bond acceptors (Lipinski definition) is 3. The lowest BCUT2D eigenvalue weighted by Crippen LogP contribution is -2.56. The fourth-order valence-electron chi connectivity index (χ4n) is 3.51. The molecule has 0 N–H and O–H groups in total. The molecule has 3 fully saturated rings. The third kappa shape index (κ3) is 2.93. The van der Waals surface area contributed by atoms with Crippen LogP contribution in [-0.4, -0.2) is 79.8 Å². The summed E-state index contributed by atoms with van der Waals surface area (Å²) in [5, 5.41) is 0. The molecule has 2 amide bonds. The van der Waals surface area contributed by atoms with E-state index in [0.29, 0.717) is 5.92 Å². The Labute approximate surface area is 121 Å². The molecule has 3 rings (SSSR count). The Morgan fingerprint density at radius 1 is 1.05 bits per heavy atom. The number of amides is 2. The van der Waals surface area contributed by atoms with Crippen LogP contribution in [0.1, 0.15) is 25.7 Å². The average molecular weight is 281 g/mol. The van der Waals surface area contributed by atoms with Gasteiger partial charge < -0.3 is 14.5 Å². The molecule has 0 bridgehead atoms. The Hall–Kier alpha value is -0.810. The normalized spacial score (nSPS) is 26.1. The molecular formula is C15H27N3O2. The summed E-state index contributed by atoms with van der Waals surface area (Å²) in [6, 6.07) is 1.05. The quantitative estimate of drug-likeness (QED) is 0.781. The van der Waals surface area contributed by atoms with Gasteiger partial charge in [0.1, 0.15) is 0 Å². The van der Waals surface area contributed by atoms with Crippen molar-refractivity contribution in [3.63, 3.8) is 0 Å². The van der Waals surface area contributed by atoms with E-state index in [9.17, 15) is 4.79 Å². The molecule has 5 heteroatoms. The van der Waals surface area contributed by atoms with Crippen LogP contribution in [0.3, 0.4) is 0 Å². The maximum absolute atomic E-state index is 12.4. The zero-order valence-electron chi connectivity index (χ0n) is 12.6. The van der Waals surface area contributed by atoms with Crippen molar-refractivity contribution in [3.8, 4) is 0 Å². The number of nitrogens with zero attached hydrogens (tertiary/aromatic N) is 3. The Kier molecular flexibility index (Phi) is 4.46. The first-order valence-corrected chi connectivity index (χ1v) is 8.05. The van der Waals surface area contributed by atoms with E-state index in [1.165, 1.54) is 25.8 Å². The molecule has 0 atom stereocenters. The molecule has 20 heavy (non-hydrogen) atoms. The first-order chi connectivity index (χ1) is 9.78. The molecule has 2 saturated heterocycles. The van der Waals surface area contributed by atoms with E-state index in [1.54, 1.807) is 7.11 Å². The number of carbonyl (C=O) groups is 1. The van der Waals surface area contributed by atoms with Crippen LogP contribution in [0.2, 0.25) is 0 Å². The van der Waals surface area contributed by atoms with Gasteiger partial charge in [-0.3, -0.25) is 4.90 Å². The van der Waals surface area contributed by atoms with E-state index in [1.807, 2.05) is 4.90 Å². The van der Waals surface area contributed by atoms with Crippen LogP contribution < -0.4 is 0 Å². The van der Waals surface area contributed by atoms with Gasteiger partial charge in [-0.15, -0.1) is 0 Å². The molecule has 0 aromatic rings. The number of likely N-dealkylation sites (tertiary alicyclic amines) is 1. The lowest BCUT2D eigenvalue weighted by Gasteiger charge is -2.41. The minimum absolute atomic E-state index is 0.243. The van der Waals surface area contributed by atoms with Crippen LogP contribution in [0.4, 0.5) is 4.79 Å². The molecule has 0 aromatic heterocycles. The molecule has 2 aliphatic heterocycles. The number of hydrogen-bond donors (Lipinski definition) is 0. The van der Waals surface area contributed by atoms with Crippen molar-refractivity contribution < 1.29 is 9.53 Å². The van der Waals surface area contributed by atoms with E-state index in [0.717, 1.165) is 51.8 Å². The van der Waals surface area contributed by atoms with Gasteiger partial charge in [0.05, 0.1) is 6.61 Å². The number of rotatable bonds is 3. The van der Waals surface area contributed by atoms with Gasteiger partial charge in [0.15, 0.2) is 0 Å². The highest BCUT2D eigenvalue weighted by atomic mass is 16.5. The third-order valence-electron chi connectivity index (χ3n) is 5.02. The van der Waals surface area contributed by atoms with Crippen LogP contribution in [0.5, 0.6) is 0 Å². The summed E-state index contributed by atoms with van der Waals surface area (Å²) in [7, 11) is 1.73. The van der Waals surface area contributed by atoms with Crippen molar-refractivity contribution in [3.05, 3.63) is 0 Å². The summed E-state index contributed by atoms with van der Waals surface area (Å²) in [6.45, 7) is 6.57. The van der Waals surface area contributed by atoms with Gasteiger partial charge in [-0.05, 0) is 19.3 Å². The summed E-state index contributed by atoms with van der Waals surface area (Å²) in [4.78, 5) is 19.1. The largest absolute Gasteiger partial charge is 0.384 e. The van der Waals surface area contributed by atoms with Crippen molar-refractivity contribution in [2.24, 2.45) is 5.92 Å². The van der Waals surface area contributed by atoms with Gasteiger partial charge in [-0.2, -0.15) is 0 Å². The first-order valence-electron chi connectivity index (χ1n) is 8.05. The first kappa shape index (κ1) is 14.1. The zero-order chi connectivity index (χ0) is 13.9. The molecule has 3 aliphatic rings. The number of carbonyl (C=O) groups excluding carboxylic acids is 1. The van der Waals surface area contributed by atoms with Gasteiger partial charge in [0, 0.05) is 58.3 Å². The standard InChI is InChI=1S/C15H27N3O2/c1-20-12-13-10-18(11-13)15(19)17-7-3-6-16(8-9-17)14-4-2-5-14/h13-14H,2-12H2,1H3. The summed E-state index contributed by atoms with van der Waals surface area (Å²) in [5.74, 6) is 0.544. The summed E-state index contributed by atoms with van der Waals surface area (Å²) < 4.78 is 5.14. The van der Waals surface area contributed by atoms with Crippen molar-refractivity contribution in [2.45, 2.75) is 31.7 Å². The molecule has 114 valence electrons. The highest BCUT2D eigenvalue weighted by Crippen LogP contribution is 2.26. The van der Waals surface area contributed by atoms with Crippen molar-refractivity contribution in [1.29, 1.82) is 0 Å². The summed E-state index contributed by atoms with van der Waals surface area (Å²) >= 11 is 0. The highest BCUT2D eigenvalue weighted by Gasteiger charge is 2.34. The van der Waals surface area contributed by atoms with Crippen LogP contribution in [0, 0.1) is 5.92 Å². The fourth-order valence-corrected chi connectivity index (χ4v) is 3.51. The van der Waals surface area contributed by atoms with Gasteiger partial charge in [-0.25, -0.2) is 4.79 Å². The molecule has 0 spiro atoms. The predicted molar refractivity (Wildman–Crippen MR) is 77.7 cm³/mol. The maximum Gasteiger partial charge on any atom is 0.320 e. The minimum Gasteiger partial charge on any atom is -0.384 e. The van der Waals surface area contributed by atoms with Gasteiger partial charge >= 0.3 is 6.03 Å². The van der Waals surface area contributed by atoms with Crippen LogP contribution in [-0.2, 0) is 4.74 Å². The van der Waals surface area contributed by atoms with Gasteiger partial charge in [0.25, 0.3) is 0 Å². The van der Waals surface area contributed by atoms with E-state index >= 15 is 0 Å². The van der Waals surface area contributed by atoms with Crippen LogP contribution in [0.25, 0.3) is 0 Å². The van der Waals surface area contributed by atoms with E-state index in [-0.39, 0.29) is 6.03 Å². The molecule has 1 saturated carbocycles. The van der Waals surface area contributed by atoms with Gasteiger partial charge in [-0.1, -0.05) is 6.42 Å². The fraction of sp³-hybridized carbons (Fsp3) is 0.933.